The van der Waals surface area contributed by atoms with Gasteiger partial charge in [-0.25, -0.2) is 9.59 Å². The topological polar surface area (TPSA) is 110 Å². The number of nitriles is 1. The Morgan fingerprint density at radius 1 is 1.30 bits per heavy atom. The lowest BCUT2D eigenvalue weighted by Crippen LogP contribution is -2.34. The number of carbonyl (C=O) groups excluding carboxylic acids is 3. The predicted octanol–water partition coefficient (Wildman–Crippen LogP) is 2.48. The summed E-state index contributed by atoms with van der Waals surface area (Å²) in [6.07, 6.45) is 0.511. The number of nitrogens with zero attached hydrogens (tertiary/aromatic N) is 2. The molecule has 27 heavy (non-hydrogen) atoms. The number of amides is 2. The zero-order valence-electron chi connectivity index (χ0n) is 16.3. The van der Waals surface area contributed by atoms with Crippen LogP contribution < -0.4 is 5.32 Å². The van der Waals surface area contributed by atoms with E-state index in [1.54, 1.807) is 13.0 Å². The summed E-state index contributed by atoms with van der Waals surface area (Å²) in [5, 5.41) is 11.1. The summed E-state index contributed by atoms with van der Waals surface area (Å²) < 4.78 is 11.5. The number of aryl methyl sites for hydroxylation is 1. The lowest BCUT2D eigenvalue weighted by atomic mass is 10.1. The summed E-state index contributed by atoms with van der Waals surface area (Å²) in [6.45, 7) is 9.91. The maximum atomic E-state index is 12.1. The van der Waals surface area contributed by atoms with Gasteiger partial charge in [0.05, 0.1) is 6.61 Å². The van der Waals surface area contributed by atoms with E-state index in [2.05, 4.69) is 23.2 Å². The molecule has 0 aliphatic heterocycles. The molecular formula is C19H25N3O5. The molecule has 8 nitrogen and oxygen atoms in total. The predicted molar refractivity (Wildman–Crippen MR) is 98.5 cm³/mol. The van der Waals surface area contributed by atoms with Gasteiger partial charge in [0.1, 0.15) is 11.6 Å². The first-order valence-electron chi connectivity index (χ1n) is 8.61. The van der Waals surface area contributed by atoms with Crippen LogP contribution in [0.25, 0.3) is 6.08 Å². The van der Waals surface area contributed by atoms with Crippen molar-refractivity contribution in [3.8, 4) is 6.07 Å². The van der Waals surface area contributed by atoms with Gasteiger partial charge >= 0.3 is 12.1 Å². The Bertz CT molecular complexity index is 784. The van der Waals surface area contributed by atoms with Gasteiger partial charge < -0.3 is 14.0 Å². The molecule has 0 spiro atoms. The van der Waals surface area contributed by atoms with Gasteiger partial charge in [-0.3, -0.25) is 10.1 Å². The molecule has 0 fully saturated rings. The minimum atomic E-state index is -0.940. The van der Waals surface area contributed by atoms with E-state index in [4.69, 9.17) is 4.74 Å². The smallest absolute Gasteiger partial charge is 0.413 e. The number of nitrogens with one attached hydrogen (secondary N) is 1. The molecule has 0 aliphatic rings. The molecule has 0 bridgehead atoms. The van der Waals surface area contributed by atoms with Crippen LogP contribution in [-0.2, 0) is 25.6 Å². The minimum Gasteiger partial charge on any atom is -0.451 e. The fourth-order valence-electron chi connectivity index (χ4n) is 2.44. The van der Waals surface area contributed by atoms with Crippen molar-refractivity contribution < 1.29 is 23.9 Å². The fraction of sp³-hybridized carbons (Fsp3) is 0.474. The molecular weight excluding hydrogens is 350 g/mol. The van der Waals surface area contributed by atoms with Gasteiger partial charge in [0, 0.05) is 17.9 Å². The molecule has 1 aromatic heterocycles. The second-order valence-corrected chi connectivity index (χ2v) is 6.35. The third-order valence-electron chi connectivity index (χ3n) is 3.65. The summed E-state index contributed by atoms with van der Waals surface area (Å²) >= 11 is 0. The zero-order valence-corrected chi connectivity index (χ0v) is 16.3. The number of ether oxygens (including phenoxy) is 2. The number of rotatable bonds is 7. The molecule has 0 atom stereocenters. The average Bonchev–Trinajstić information content (AvgIpc) is 2.84. The number of alkyl carbamates (subject to hydrolysis) is 1. The van der Waals surface area contributed by atoms with Crippen molar-refractivity contribution >= 4 is 24.0 Å². The molecule has 0 unspecified atom stereocenters. The molecule has 2 amide bonds. The Labute approximate surface area is 158 Å². The second-order valence-electron chi connectivity index (χ2n) is 6.35. The van der Waals surface area contributed by atoms with Crippen molar-refractivity contribution in [2.75, 3.05) is 13.2 Å². The van der Waals surface area contributed by atoms with Crippen molar-refractivity contribution in [1.29, 1.82) is 5.26 Å². The molecule has 0 saturated carbocycles. The van der Waals surface area contributed by atoms with Crippen molar-refractivity contribution in [3.05, 3.63) is 28.6 Å². The van der Waals surface area contributed by atoms with Gasteiger partial charge in [-0.2, -0.15) is 5.26 Å². The van der Waals surface area contributed by atoms with Crippen LogP contribution in [0.3, 0.4) is 0 Å². The van der Waals surface area contributed by atoms with Gasteiger partial charge in [0.2, 0.25) is 0 Å². The Morgan fingerprint density at radius 3 is 2.52 bits per heavy atom. The summed E-state index contributed by atoms with van der Waals surface area (Å²) in [5.41, 5.74) is 2.45. The highest BCUT2D eigenvalue weighted by molar-refractivity contribution is 6.00. The van der Waals surface area contributed by atoms with Crippen LogP contribution in [0.5, 0.6) is 0 Å². The van der Waals surface area contributed by atoms with Crippen LogP contribution in [-0.4, -0.2) is 35.8 Å². The number of aromatic nitrogens is 1. The van der Waals surface area contributed by atoms with Crippen molar-refractivity contribution in [3.63, 3.8) is 0 Å². The van der Waals surface area contributed by atoms with Crippen molar-refractivity contribution in [2.45, 2.75) is 41.2 Å². The van der Waals surface area contributed by atoms with E-state index in [1.165, 1.54) is 6.08 Å². The van der Waals surface area contributed by atoms with E-state index in [0.29, 0.717) is 5.92 Å². The van der Waals surface area contributed by atoms with Crippen molar-refractivity contribution in [2.24, 2.45) is 5.92 Å². The van der Waals surface area contributed by atoms with Crippen LogP contribution >= 0.6 is 0 Å². The molecule has 8 heteroatoms. The summed E-state index contributed by atoms with van der Waals surface area (Å²) in [4.78, 5) is 34.7. The molecule has 0 aliphatic carbocycles. The van der Waals surface area contributed by atoms with Crippen molar-refractivity contribution in [1.82, 2.24) is 9.88 Å². The molecule has 1 aromatic rings. The van der Waals surface area contributed by atoms with E-state index >= 15 is 0 Å². The third-order valence-corrected chi connectivity index (χ3v) is 3.65. The van der Waals surface area contributed by atoms with Gasteiger partial charge in [-0.1, -0.05) is 13.8 Å². The number of esters is 1. The first-order valence-corrected chi connectivity index (χ1v) is 8.61. The maximum Gasteiger partial charge on any atom is 0.413 e. The summed E-state index contributed by atoms with van der Waals surface area (Å²) in [6, 6.07) is 3.67. The van der Waals surface area contributed by atoms with E-state index in [9.17, 15) is 19.6 Å². The summed E-state index contributed by atoms with van der Waals surface area (Å²) in [5.74, 6) is -1.33. The fourth-order valence-corrected chi connectivity index (χ4v) is 2.44. The highest BCUT2D eigenvalue weighted by atomic mass is 16.6. The minimum absolute atomic E-state index is 0.107. The molecule has 1 N–H and O–H groups in total. The Kier molecular flexibility index (Phi) is 8.27. The van der Waals surface area contributed by atoms with Crippen LogP contribution in [0.4, 0.5) is 4.79 Å². The third kappa shape index (κ3) is 6.62. The number of hydrogen-bond donors (Lipinski definition) is 1. The summed E-state index contributed by atoms with van der Waals surface area (Å²) in [7, 11) is 0. The van der Waals surface area contributed by atoms with Gasteiger partial charge in [-0.05, 0) is 44.4 Å². The van der Waals surface area contributed by atoms with E-state index < -0.39 is 24.6 Å². The number of imide groups is 1. The molecule has 1 rings (SSSR count). The van der Waals surface area contributed by atoms with Crippen LogP contribution in [0.2, 0.25) is 0 Å². The normalized spacial score (nSPS) is 11.1. The largest absolute Gasteiger partial charge is 0.451 e. The second kappa shape index (κ2) is 10.2. The molecule has 0 radical (unpaired) electrons. The number of carbonyl (C=O) groups is 3. The number of hydrogen-bond acceptors (Lipinski definition) is 6. The van der Waals surface area contributed by atoms with E-state index in [0.717, 1.165) is 23.5 Å². The Balaban J connectivity index is 2.83. The van der Waals surface area contributed by atoms with Gasteiger partial charge in [0.25, 0.3) is 5.91 Å². The van der Waals surface area contributed by atoms with Gasteiger partial charge in [-0.15, -0.1) is 0 Å². The van der Waals surface area contributed by atoms with E-state index in [1.807, 2.05) is 25.2 Å². The highest BCUT2D eigenvalue weighted by Gasteiger charge is 2.17. The van der Waals surface area contributed by atoms with E-state index in [-0.39, 0.29) is 12.2 Å². The lowest BCUT2D eigenvalue weighted by Gasteiger charge is -2.12. The molecule has 0 saturated heterocycles. The highest BCUT2D eigenvalue weighted by Crippen LogP contribution is 2.20. The van der Waals surface area contributed by atoms with Gasteiger partial charge in [0.15, 0.2) is 6.61 Å². The first-order chi connectivity index (χ1) is 12.7. The molecule has 146 valence electrons. The quantitative estimate of drug-likeness (QED) is 0.445. The Hall–Kier alpha value is -3.08. The zero-order chi connectivity index (χ0) is 20.6. The maximum absolute atomic E-state index is 12.1. The van der Waals surface area contributed by atoms with Crippen LogP contribution in [0, 0.1) is 31.1 Å². The van der Waals surface area contributed by atoms with Crippen LogP contribution in [0.1, 0.15) is 37.7 Å². The molecule has 1 heterocycles. The first kappa shape index (κ1) is 22.0. The molecule has 0 aromatic carbocycles. The monoisotopic (exact) mass is 375 g/mol. The standard InChI is InChI=1S/C19H25N3O5/c1-6-26-19(25)21-17(23)11-27-18(24)16(9-20)8-15-7-13(4)22(14(15)5)10-12(2)3/h7-8,12H,6,10-11H2,1-5H3,(H,21,23,25)/b16-8+. The average molecular weight is 375 g/mol. The Morgan fingerprint density at radius 2 is 1.96 bits per heavy atom. The lowest BCUT2D eigenvalue weighted by molar-refractivity contribution is -0.144. The van der Waals surface area contributed by atoms with Crippen LogP contribution in [0.15, 0.2) is 11.6 Å². The SMILES string of the molecule is CCOC(=O)NC(=O)COC(=O)/C(C#N)=C/c1cc(C)n(CC(C)C)c1C.